The molecule has 0 amide bonds. The maximum absolute atomic E-state index is 3.55. The fourth-order valence-electron chi connectivity index (χ4n) is 2.42. The maximum atomic E-state index is 3.55. The molecule has 3 rings (SSSR count). The van der Waals surface area contributed by atoms with Crippen LogP contribution >= 0.6 is 0 Å². The standard InChI is InChI=1S/C13H17N3/c1-2-4-13-12(3-1)10(8-16-13)7-11-9-14-5-6-15-11/h1-4,8,11,14-16H,5-7,9H2/t11-/m1/s1. The van der Waals surface area contributed by atoms with E-state index in [4.69, 9.17) is 0 Å². The van der Waals surface area contributed by atoms with Gasteiger partial charge in [0.2, 0.25) is 0 Å². The van der Waals surface area contributed by atoms with Gasteiger partial charge in [-0.1, -0.05) is 18.2 Å². The first-order chi connectivity index (χ1) is 7.93. The van der Waals surface area contributed by atoms with Gasteiger partial charge in [0.25, 0.3) is 0 Å². The molecule has 1 atom stereocenters. The highest BCUT2D eigenvalue weighted by Crippen LogP contribution is 2.19. The molecule has 1 aliphatic rings. The topological polar surface area (TPSA) is 39.8 Å². The van der Waals surface area contributed by atoms with Crippen molar-refractivity contribution in [3.05, 3.63) is 36.0 Å². The summed E-state index contributed by atoms with van der Waals surface area (Å²) in [5.41, 5.74) is 2.65. The Morgan fingerprint density at radius 1 is 1.19 bits per heavy atom. The zero-order valence-corrected chi connectivity index (χ0v) is 9.29. The summed E-state index contributed by atoms with van der Waals surface area (Å²) in [5.74, 6) is 0. The van der Waals surface area contributed by atoms with Crippen LogP contribution in [0.25, 0.3) is 10.9 Å². The summed E-state index contributed by atoms with van der Waals surface area (Å²) in [6, 6.07) is 9.06. The van der Waals surface area contributed by atoms with Crippen LogP contribution in [0.5, 0.6) is 0 Å². The summed E-state index contributed by atoms with van der Waals surface area (Å²) in [6.45, 7) is 3.23. The van der Waals surface area contributed by atoms with Crippen molar-refractivity contribution >= 4 is 10.9 Å². The number of hydrogen-bond donors (Lipinski definition) is 3. The molecule has 0 bridgehead atoms. The molecule has 0 radical (unpaired) electrons. The number of fused-ring (bicyclic) bond motifs is 1. The van der Waals surface area contributed by atoms with Gasteiger partial charge in [-0.25, -0.2) is 0 Å². The number of hydrogen-bond acceptors (Lipinski definition) is 2. The van der Waals surface area contributed by atoms with E-state index in [-0.39, 0.29) is 0 Å². The van der Waals surface area contributed by atoms with Gasteiger partial charge >= 0.3 is 0 Å². The van der Waals surface area contributed by atoms with Crippen LogP contribution in [0, 0.1) is 0 Å². The van der Waals surface area contributed by atoms with Crippen LogP contribution in [-0.2, 0) is 6.42 Å². The van der Waals surface area contributed by atoms with E-state index in [2.05, 4.69) is 46.1 Å². The normalized spacial score (nSPS) is 21.4. The predicted molar refractivity (Wildman–Crippen MR) is 66.7 cm³/mol. The molecule has 1 aromatic heterocycles. The van der Waals surface area contributed by atoms with Gasteiger partial charge in [0.1, 0.15) is 0 Å². The second-order valence-electron chi connectivity index (χ2n) is 4.42. The molecule has 2 heterocycles. The second kappa shape index (κ2) is 4.28. The monoisotopic (exact) mass is 215 g/mol. The minimum Gasteiger partial charge on any atom is -0.361 e. The Labute approximate surface area is 95.2 Å². The molecule has 1 aromatic carbocycles. The molecule has 16 heavy (non-hydrogen) atoms. The maximum Gasteiger partial charge on any atom is 0.0456 e. The lowest BCUT2D eigenvalue weighted by Gasteiger charge is -2.24. The molecule has 1 saturated heterocycles. The van der Waals surface area contributed by atoms with Crippen LogP contribution in [0.4, 0.5) is 0 Å². The minimum atomic E-state index is 0.563. The summed E-state index contributed by atoms with van der Waals surface area (Å²) in [7, 11) is 0. The first-order valence-electron chi connectivity index (χ1n) is 5.92. The summed E-state index contributed by atoms with van der Waals surface area (Å²) in [5, 5.41) is 8.32. The molecule has 84 valence electrons. The number of aromatic nitrogens is 1. The first-order valence-corrected chi connectivity index (χ1v) is 5.92. The first kappa shape index (κ1) is 9.87. The molecular formula is C13H17N3. The molecular weight excluding hydrogens is 198 g/mol. The summed E-state index contributed by atoms with van der Waals surface area (Å²) in [4.78, 5) is 3.33. The third-order valence-corrected chi connectivity index (χ3v) is 3.27. The highest BCUT2D eigenvalue weighted by Gasteiger charge is 2.14. The summed E-state index contributed by atoms with van der Waals surface area (Å²) in [6.07, 6.45) is 3.23. The van der Waals surface area contributed by atoms with E-state index in [9.17, 15) is 0 Å². The smallest absolute Gasteiger partial charge is 0.0456 e. The lowest BCUT2D eigenvalue weighted by atomic mass is 10.0. The van der Waals surface area contributed by atoms with Gasteiger partial charge in [-0.05, 0) is 18.1 Å². The van der Waals surface area contributed by atoms with Gasteiger partial charge < -0.3 is 15.6 Å². The Kier molecular flexibility index (Phi) is 2.64. The van der Waals surface area contributed by atoms with Crippen molar-refractivity contribution < 1.29 is 0 Å². The van der Waals surface area contributed by atoms with Crippen LogP contribution in [0.2, 0.25) is 0 Å². The second-order valence-corrected chi connectivity index (χ2v) is 4.42. The molecule has 3 nitrogen and oxygen atoms in total. The third-order valence-electron chi connectivity index (χ3n) is 3.27. The van der Waals surface area contributed by atoms with Gasteiger partial charge in [-0.15, -0.1) is 0 Å². The van der Waals surface area contributed by atoms with Crippen LogP contribution in [0.15, 0.2) is 30.5 Å². The van der Waals surface area contributed by atoms with Gasteiger partial charge in [-0.3, -0.25) is 0 Å². The third kappa shape index (κ3) is 1.84. The van der Waals surface area contributed by atoms with E-state index in [0.29, 0.717) is 6.04 Å². The summed E-state index contributed by atoms with van der Waals surface area (Å²) >= 11 is 0. The number of piperazine rings is 1. The Morgan fingerprint density at radius 2 is 2.12 bits per heavy atom. The summed E-state index contributed by atoms with van der Waals surface area (Å²) < 4.78 is 0. The average molecular weight is 215 g/mol. The fourth-order valence-corrected chi connectivity index (χ4v) is 2.42. The van der Waals surface area contributed by atoms with Gasteiger partial charge in [0, 0.05) is 42.8 Å². The van der Waals surface area contributed by atoms with Gasteiger partial charge in [0.05, 0.1) is 0 Å². The van der Waals surface area contributed by atoms with Crippen molar-refractivity contribution in [3.63, 3.8) is 0 Å². The van der Waals surface area contributed by atoms with Crippen LogP contribution < -0.4 is 10.6 Å². The lowest BCUT2D eigenvalue weighted by molar-refractivity contribution is 0.417. The van der Waals surface area contributed by atoms with E-state index < -0.39 is 0 Å². The van der Waals surface area contributed by atoms with Crippen LogP contribution in [0.3, 0.4) is 0 Å². The van der Waals surface area contributed by atoms with Crippen molar-refractivity contribution in [3.8, 4) is 0 Å². The van der Waals surface area contributed by atoms with Crippen molar-refractivity contribution in [1.29, 1.82) is 0 Å². The average Bonchev–Trinajstić information content (AvgIpc) is 2.74. The van der Waals surface area contributed by atoms with E-state index in [0.717, 1.165) is 26.1 Å². The SMILES string of the molecule is c1ccc2c(C[C@@H]3CNCCN3)c[nH]c2c1. The quantitative estimate of drug-likeness (QED) is 0.706. The molecule has 1 aliphatic heterocycles. The Hall–Kier alpha value is -1.32. The van der Waals surface area contributed by atoms with Crippen LogP contribution in [-0.4, -0.2) is 30.7 Å². The molecule has 0 unspecified atom stereocenters. The number of aromatic amines is 1. The fraction of sp³-hybridized carbons (Fsp3) is 0.385. The zero-order chi connectivity index (χ0) is 10.8. The zero-order valence-electron chi connectivity index (χ0n) is 9.29. The molecule has 0 spiro atoms. The van der Waals surface area contributed by atoms with Gasteiger partial charge in [-0.2, -0.15) is 0 Å². The molecule has 2 aromatic rings. The van der Waals surface area contributed by atoms with E-state index in [1.807, 2.05) is 0 Å². The Morgan fingerprint density at radius 3 is 3.00 bits per heavy atom. The highest BCUT2D eigenvalue weighted by molar-refractivity contribution is 5.83. The molecule has 3 N–H and O–H groups in total. The van der Waals surface area contributed by atoms with E-state index in [1.54, 1.807) is 0 Å². The lowest BCUT2D eigenvalue weighted by Crippen LogP contribution is -2.49. The van der Waals surface area contributed by atoms with Crippen molar-refractivity contribution in [2.75, 3.05) is 19.6 Å². The van der Waals surface area contributed by atoms with Crippen molar-refractivity contribution in [2.45, 2.75) is 12.5 Å². The number of nitrogens with one attached hydrogen (secondary N) is 3. The molecule has 0 saturated carbocycles. The molecule has 3 heteroatoms. The van der Waals surface area contributed by atoms with Gasteiger partial charge in [0.15, 0.2) is 0 Å². The number of rotatable bonds is 2. The van der Waals surface area contributed by atoms with E-state index in [1.165, 1.54) is 16.5 Å². The van der Waals surface area contributed by atoms with Crippen molar-refractivity contribution in [1.82, 2.24) is 15.6 Å². The number of para-hydroxylation sites is 1. The minimum absolute atomic E-state index is 0.563. The van der Waals surface area contributed by atoms with E-state index >= 15 is 0 Å². The number of H-pyrrole nitrogens is 1. The predicted octanol–water partition coefficient (Wildman–Crippen LogP) is 1.27. The Balaban J connectivity index is 1.83. The van der Waals surface area contributed by atoms with Crippen LogP contribution in [0.1, 0.15) is 5.56 Å². The van der Waals surface area contributed by atoms with Crippen molar-refractivity contribution in [2.24, 2.45) is 0 Å². The molecule has 0 aliphatic carbocycles. The Bertz CT molecular complexity index is 469. The number of benzene rings is 1. The largest absolute Gasteiger partial charge is 0.361 e. The molecule has 1 fully saturated rings. The highest BCUT2D eigenvalue weighted by atomic mass is 15.0.